The third-order valence-corrected chi connectivity index (χ3v) is 3.62. The summed E-state index contributed by atoms with van der Waals surface area (Å²) in [7, 11) is 0. The normalized spacial score (nSPS) is 10.3. The molecule has 0 aliphatic carbocycles. The molecule has 1 aromatic carbocycles. The Balaban J connectivity index is 2.01. The van der Waals surface area contributed by atoms with Crippen LogP contribution in [-0.2, 0) is 11.3 Å². The van der Waals surface area contributed by atoms with E-state index in [4.69, 9.17) is 4.74 Å². The minimum Gasteiger partial charge on any atom is -0.460 e. The van der Waals surface area contributed by atoms with Crippen molar-refractivity contribution in [1.82, 2.24) is 4.57 Å². The number of ether oxygens (including phenoxy) is 1. The number of halogens is 1. The summed E-state index contributed by atoms with van der Waals surface area (Å²) in [6.45, 7) is 1.84. The topological polar surface area (TPSA) is 91.4 Å². The highest BCUT2D eigenvalue weighted by Gasteiger charge is 2.14. The number of carbonyl (C=O) groups is 1. The van der Waals surface area contributed by atoms with E-state index in [0.29, 0.717) is 5.56 Å². The largest absolute Gasteiger partial charge is 0.460 e. The molecule has 0 N–H and O–H groups in total. The van der Waals surface area contributed by atoms with Crippen LogP contribution in [0.25, 0.3) is 0 Å². The molecule has 8 heteroatoms. The number of rotatable bonds is 5. The van der Waals surface area contributed by atoms with E-state index in [9.17, 15) is 19.7 Å². The van der Waals surface area contributed by atoms with E-state index in [1.165, 1.54) is 28.8 Å². The maximum Gasteiger partial charge on any atom is 0.338 e. The van der Waals surface area contributed by atoms with Gasteiger partial charge in [0.2, 0.25) is 0 Å². The molecule has 0 atom stereocenters. The van der Waals surface area contributed by atoms with Crippen molar-refractivity contribution in [2.75, 3.05) is 6.61 Å². The molecule has 0 fully saturated rings. The standard InChI is InChI=1S/C15H13BrN2O5/c1-10-8-12(18(21)22)3-4-13(10)15(20)23-7-6-17-9-11(16)2-5-14(17)19/h2-5,8-9H,6-7H2,1H3. The van der Waals surface area contributed by atoms with Gasteiger partial charge in [-0.25, -0.2) is 4.79 Å². The number of carbonyl (C=O) groups excluding carboxylic acids is 1. The van der Waals surface area contributed by atoms with Crippen LogP contribution in [-0.4, -0.2) is 22.1 Å². The first-order valence-corrected chi connectivity index (χ1v) is 7.46. The molecule has 1 aromatic heterocycles. The summed E-state index contributed by atoms with van der Waals surface area (Å²) in [6.07, 6.45) is 1.60. The van der Waals surface area contributed by atoms with E-state index in [-0.39, 0.29) is 30.0 Å². The molecule has 0 unspecified atom stereocenters. The fourth-order valence-corrected chi connectivity index (χ4v) is 2.36. The molecule has 1 heterocycles. The van der Waals surface area contributed by atoms with Crippen LogP contribution in [0, 0.1) is 17.0 Å². The summed E-state index contributed by atoms with van der Waals surface area (Å²) >= 11 is 3.26. The maximum atomic E-state index is 12.0. The van der Waals surface area contributed by atoms with Crippen molar-refractivity contribution >= 4 is 27.6 Å². The van der Waals surface area contributed by atoms with E-state index in [0.717, 1.165) is 4.47 Å². The van der Waals surface area contributed by atoms with Gasteiger partial charge < -0.3 is 9.30 Å². The highest BCUT2D eigenvalue weighted by atomic mass is 79.9. The number of aryl methyl sites for hydroxylation is 1. The van der Waals surface area contributed by atoms with Crippen LogP contribution in [0.2, 0.25) is 0 Å². The zero-order valence-electron chi connectivity index (χ0n) is 12.2. The summed E-state index contributed by atoms with van der Waals surface area (Å²) in [5.41, 5.74) is 0.441. The van der Waals surface area contributed by atoms with Crippen LogP contribution < -0.4 is 5.56 Å². The van der Waals surface area contributed by atoms with Gasteiger partial charge in [0.25, 0.3) is 11.2 Å². The third-order valence-electron chi connectivity index (χ3n) is 3.15. The molecule has 2 aromatic rings. The van der Waals surface area contributed by atoms with Crippen molar-refractivity contribution in [3.8, 4) is 0 Å². The lowest BCUT2D eigenvalue weighted by Gasteiger charge is -2.09. The predicted octanol–water partition coefficient (Wildman–Crippen LogP) is 2.68. The molecule has 120 valence electrons. The second-order valence-corrected chi connectivity index (χ2v) is 5.69. The molecule has 0 bridgehead atoms. The van der Waals surface area contributed by atoms with Gasteiger partial charge in [-0.1, -0.05) is 0 Å². The lowest BCUT2D eigenvalue weighted by molar-refractivity contribution is -0.384. The Labute approximate surface area is 139 Å². The number of nitrogens with zero attached hydrogens (tertiary/aromatic N) is 2. The minimum atomic E-state index is -0.583. The van der Waals surface area contributed by atoms with Gasteiger partial charge in [-0.05, 0) is 40.5 Å². The van der Waals surface area contributed by atoms with Gasteiger partial charge in [-0.2, -0.15) is 0 Å². The third kappa shape index (κ3) is 4.26. The zero-order chi connectivity index (χ0) is 17.0. The van der Waals surface area contributed by atoms with Crippen LogP contribution in [0.5, 0.6) is 0 Å². The smallest absolute Gasteiger partial charge is 0.338 e. The molecule has 2 rings (SSSR count). The minimum absolute atomic E-state index is 0.0195. The fourth-order valence-electron chi connectivity index (χ4n) is 1.98. The first-order chi connectivity index (χ1) is 10.9. The average molecular weight is 381 g/mol. The molecule has 0 saturated carbocycles. The number of hydrogen-bond acceptors (Lipinski definition) is 5. The number of hydrogen-bond donors (Lipinski definition) is 0. The number of nitro benzene ring substituents is 1. The lowest BCUT2D eigenvalue weighted by atomic mass is 10.1. The van der Waals surface area contributed by atoms with Crippen LogP contribution in [0.1, 0.15) is 15.9 Å². The lowest BCUT2D eigenvalue weighted by Crippen LogP contribution is -2.22. The number of benzene rings is 1. The van der Waals surface area contributed by atoms with Crippen molar-refractivity contribution in [3.05, 3.63) is 72.6 Å². The van der Waals surface area contributed by atoms with E-state index in [2.05, 4.69) is 15.9 Å². The summed E-state index contributed by atoms with van der Waals surface area (Å²) in [6, 6.07) is 6.97. The Morgan fingerprint density at radius 3 is 2.74 bits per heavy atom. The van der Waals surface area contributed by atoms with Gasteiger partial charge in [0.15, 0.2) is 0 Å². The molecule has 0 radical (unpaired) electrons. The monoisotopic (exact) mass is 380 g/mol. The Kier molecular flexibility index (Phi) is 5.28. The highest BCUT2D eigenvalue weighted by Crippen LogP contribution is 2.17. The molecule has 0 aliphatic rings. The Bertz CT molecular complexity index is 816. The van der Waals surface area contributed by atoms with Gasteiger partial charge in [-0.15, -0.1) is 0 Å². The summed E-state index contributed by atoms with van der Waals surface area (Å²) < 4.78 is 7.29. The highest BCUT2D eigenvalue weighted by molar-refractivity contribution is 9.10. The Morgan fingerprint density at radius 2 is 2.09 bits per heavy atom. The molecule has 7 nitrogen and oxygen atoms in total. The second-order valence-electron chi connectivity index (χ2n) is 4.77. The number of nitro groups is 1. The molecule has 0 spiro atoms. The molecule has 0 aliphatic heterocycles. The van der Waals surface area contributed by atoms with Crippen LogP contribution in [0.15, 0.2) is 45.8 Å². The molecular formula is C15H13BrN2O5. The number of esters is 1. The van der Waals surface area contributed by atoms with E-state index >= 15 is 0 Å². The maximum absolute atomic E-state index is 12.0. The summed E-state index contributed by atoms with van der Waals surface area (Å²) in [5, 5.41) is 10.7. The van der Waals surface area contributed by atoms with Crippen molar-refractivity contribution < 1.29 is 14.5 Å². The van der Waals surface area contributed by atoms with Crippen LogP contribution in [0.3, 0.4) is 0 Å². The number of non-ortho nitro benzene ring substituents is 1. The zero-order valence-corrected chi connectivity index (χ0v) is 13.8. The van der Waals surface area contributed by atoms with E-state index in [1.54, 1.807) is 19.2 Å². The molecule has 23 heavy (non-hydrogen) atoms. The van der Waals surface area contributed by atoms with Gasteiger partial charge >= 0.3 is 5.97 Å². The quantitative estimate of drug-likeness (QED) is 0.451. The Hall–Kier alpha value is -2.48. The first kappa shape index (κ1) is 16.9. The summed E-state index contributed by atoms with van der Waals surface area (Å²) in [4.78, 5) is 33.8. The predicted molar refractivity (Wildman–Crippen MR) is 86.5 cm³/mol. The van der Waals surface area contributed by atoms with Gasteiger partial charge in [0.1, 0.15) is 6.61 Å². The van der Waals surface area contributed by atoms with Gasteiger partial charge in [-0.3, -0.25) is 14.9 Å². The van der Waals surface area contributed by atoms with Crippen molar-refractivity contribution in [2.45, 2.75) is 13.5 Å². The van der Waals surface area contributed by atoms with Gasteiger partial charge in [0, 0.05) is 28.9 Å². The van der Waals surface area contributed by atoms with Gasteiger partial charge in [0.05, 0.1) is 17.0 Å². The summed E-state index contributed by atoms with van der Waals surface area (Å²) in [5.74, 6) is -0.583. The fraction of sp³-hybridized carbons (Fsp3) is 0.200. The Morgan fingerprint density at radius 1 is 1.35 bits per heavy atom. The van der Waals surface area contributed by atoms with Crippen LogP contribution in [0.4, 0.5) is 5.69 Å². The van der Waals surface area contributed by atoms with Crippen molar-refractivity contribution in [2.24, 2.45) is 0 Å². The van der Waals surface area contributed by atoms with Crippen LogP contribution >= 0.6 is 15.9 Å². The SMILES string of the molecule is Cc1cc([N+](=O)[O-])ccc1C(=O)OCCn1cc(Br)ccc1=O. The molecule has 0 saturated heterocycles. The molecular weight excluding hydrogens is 368 g/mol. The number of aromatic nitrogens is 1. The van der Waals surface area contributed by atoms with E-state index in [1.807, 2.05) is 0 Å². The van der Waals surface area contributed by atoms with E-state index < -0.39 is 10.9 Å². The van der Waals surface area contributed by atoms with Crippen molar-refractivity contribution in [3.63, 3.8) is 0 Å². The van der Waals surface area contributed by atoms with Crippen molar-refractivity contribution in [1.29, 1.82) is 0 Å². The first-order valence-electron chi connectivity index (χ1n) is 6.66. The number of pyridine rings is 1. The second kappa shape index (κ2) is 7.19. The molecule has 0 amide bonds. The average Bonchev–Trinajstić information content (AvgIpc) is 2.50.